The lowest BCUT2D eigenvalue weighted by Crippen LogP contribution is -2.16. The van der Waals surface area contributed by atoms with E-state index in [-0.39, 0.29) is 5.91 Å². The summed E-state index contributed by atoms with van der Waals surface area (Å²) in [5.74, 6) is 0.543. The predicted octanol–water partition coefficient (Wildman–Crippen LogP) is 4.37. The number of anilines is 1. The molecule has 116 valence electrons. The van der Waals surface area contributed by atoms with Crippen molar-refractivity contribution in [3.8, 4) is 11.3 Å². The van der Waals surface area contributed by atoms with Crippen LogP contribution in [0.2, 0.25) is 0 Å². The summed E-state index contributed by atoms with van der Waals surface area (Å²) in [5, 5.41) is 9.06. The molecule has 1 amide bonds. The summed E-state index contributed by atoms with van der Waals surface area (Å²) in [6, 6.07) is 8.04. The Balaban J connectivity index is 1.67. The Morgan fingerprint density at radius 1 is 1.26 bits per heavy atom. The normalized spacial score (nSPS) is 12.6. The Bertz CT molecular complexity index is 908. The molecule has 0 unspecified atom stereocenters. The van der Waals surface area contributed by atoms with Gasteiger partial charge in [-0.25, -0.2) is 0 Å². The van der Waals surface area contributed by atoms with Gasteiger partial charge >= 0.3 is 0 Å². The third kappa shape index (κ3) is 2.37. The van der Waals surface area contributed by atoms with E-state index in [2.05, 4.69) is 15.9 Å². The van der Waals surface area contributed by atoms with Crippen LogP contribution in [0.3, 0.4) is 0 Å². The molecule has 5 heteroatoms. The van der Waals surface area contributed by atoms with Gasteiger partial charge in [-0.05, 0) is 55.3 Å². The van der Waals surface area contributed by atoms with Gasteiger partial charge in [0.05, 0.1) is 0 Å². The molecule has 2 heterocycles. The number of carbonyl (C=O) groups is 1. The minimum Gasteiger partial charge on any atom is -0.355 e. The lowest BCUT2D eigenvalue weighted by Gasteiger charge is -2.11. The van der Waals surface area contributed by atoms with Gasteiger partial charge in [-0.3, -0.25) is 4.79 Å². The summed E-state index contributed by atoms with van der Waals surface area (Å²) in [5.41, 5.74) is 5.35. The van der Waals surface area contributed by atoms with E-state index in [0.717, 1.165) is 46.5 Å². The van der Waals surface area contributed by atoms with Crippen LogP contribution >= 0.6 is 11.3 Å². The van der Waals surface area contributed by atoms with E-state index in [9.17, 15) is 4.79 Å². The molecular weight excluding hydrogens is 308 g/mol. The number of aryl methyl sites for hydroxylation is 3. The van der Waals surface area contributed by atoms with Gasteiger partial charge in [-0.2, -0.15) is 0 Å². The third-order valence-corrected chi connectivity index (χ3v) is 5.22. The van der Waals surface area contributed by atoms with Crippen molar-refractivity contribution in [3.63, 3.8) is 0 Å². The van der Waals surface area contributed by atoms with E-state index < -0.39 is 0 Å². The molecule has 0 saturated carbocycles. The van der Waals surface area contributed by atoms with Crippen LogP contribution in [0.5, 0.6) is 0 Å². The zero-order valence-corrected chi connectivity index (χ0v) is 13.8. The van der Waals surface area contributed by atoms with Gasteiger partial charge in [0.15, 0.2) is 11.5 Å². The minimum absolute atomic E-state index is 0.206. The Hall–Kier alpha value is -2.40. The number of nitrogens with zero attached hydrogens (tertiary/aromatic N) is 1. The fourth-order valence-corrected chi connectivity index (χ4v) is 3.83. The van der Waals surface area contributed by atoms with Gasteiger partial charge in [-0.15, -0.1) is 11.3 Å². The second-order valence-electron chi connectivity index (χ2n) is 5.87. The Labute approximate surface area is 138 Å². The molecule has 1 aromatic carbocycles. The molecule has 0 bridgehead atoms. The van der Waals surface area contributed by atoms with Gasteiger partial charge in [-0.1, -0.05) is 17.3 Å². The molecule has 1 aliphatic rings. The molecule has 1 aliphatic carbocycles. The number of carbonyl (C=O) groups excluding carboxylic acids is 1. The average molecular weight is 324 g/mol. The van der Waals surface area contributed by atoms with Crippen LogP contribution in [0, 0.1) is 13.8 Å². The zero-order valence-electron chi connectivity index (χ0n) is 13.0. The van der Waals surface area contributed by atoms with Crippen LogP contribution in [0.4, 0.5) is 5.69 Å². The van der Waals surface area contributed by atoms with Gasteiger partial charge in [0.2, 0.25) is 0 Å². The first kappa shape index (κ1) is 14.2. The standard InChI is InChI=1S/C18H16N2O2S/c1-10-3-4-11(2)14(9-10)19-18(21)16-13-5-6-15-12(7-8-23-15)17(13)22-20-16/h3-4,7-9H,5-6H2,1-2H3,(H,19,21). The second-order valence-corrected chi connectivity index (χ2v) is 6.87. The number of rotatable bonds is 2. The van der Waals surface area contributed by atoms with Crippen LogP contribution in [0.15, 0.2) is 34.2 Å². The molecular formula is C18H16N2O2S. The van der Waals surface area contributed by atoms with Gasteiger partial charge < -0.3 is 9.84 Å². The van der Waals surface area contributed by atoms with Crippen molar-refractivity contribution in [3.05, 3.63) is 56.9 Å². The SMILES string of the molecule is Cc1ccc(C)c(NC(=O)c2noc3c2CCc2sccc2-3)c1. The fourth-order valence-electron chi connectivity index (χ4n) is 2.96. The Morgan fingerprint density at radius 2 is 2.13 bits per heavy atom. The molecule has 23 heavy (non-hydrogen) atoms. The molecule has 1 N–H and O–H groups in total. The summed E-state index contributed by atoms with van der Waals surface area (Å²) < 4.78 is 5.48. The predicted molar refractivity (Wildman–Crippen MR) is 91.1 cm³/mol. The van der Waals surface area contributed by atoms with E-state index in [1.54, 1.807) is 11.3 Å². The smallest absolute Gasteiger partial charge is 0.278 e. The summed E-state index contributed by atoms with van der Waals surface area (Å²) in [4.78, 5) is 13.9. The lowest BCUT2D eigenvalue weighted by molar-refractivity contribution is 0.101. The van der Waals surface area contributed by atoms with Crippen LogP contribution in [-0.2, 0) is 12.8 Å². The number of nitrogens with one attached hydrogen (secondary N) is 1. The maximum Gasteiger partial charge on any atom is 0.278 e. The van der Waals surface area contributed by atoms with Gasteiger partial charge in [0, 0.05) is 21.7 Å². The quantitative estimate of drug-likeness (QED) is 0.761. The zero-order chi connectivity index (χ0) is 16.0. The third-order valence-electron chi connectivity index (χ3n) is 4.24. The topological polar surface area (TPSA) is 55.1 Å². The van der Waals surface area contributed by atoms with Crippen molar-refractivity contribution in [2.75, 3.05) is 5.32 Å². The number of amides is 1. The number of fused-ring (bicyclic) bond motifs is 3. The number of hydrogen-bond donors (Lipinski definition) is 1. The van der Waals surface area contributed by atoms with Crippen molar-refractivity contribution in [1.29, 1.82) is 0 Å². The van der Waals surface area contributed by atoms with E-state index in [0.29, 0.717) is 5.69 Å². The van der Waals surface area contributed by atoms with Crippen LogP contribution in [0.1, 0.15) is 32.1 Å². The van der Waals surface area contributed by atoms with E-state index in [1.807, 2.05) is 38.1 Å². The first-order valence-corrected chi connectivity index (χ1v) is 8.45. The molecule has 3 aromatic rings. The highest BCUT2D eigenvalue weighted by atomic mass is 32.1. The van der Waals surface area contributed by atoms with E-state index in [1.165, 1.54) is 4.88 Å². The molecule has 0 fully saturated rings. The van der Waals surface area contributed by atoms with Crippen molar-refractivity contribution in [2.24, 2.45) is 0 Å². The average Bonchev–Trinajstić information content (AvgIpc) is 3.16. The number of thiophene rings is 1. The number of aromatic nitrogens is 1. The Kier molecular flexibility index (Phi) is 3.31. The highest BCUT2D eigenvalue weighted by molar-refractivity contribution is 7.10. The lowest BCUT2D eigenvalue weighted by atomic mass is 9.95. The van der Waals surface area contributed by atoms with Crippen molar-refractivity contribution >= 4 is 22.9 Å². The van der Waals surface area contributed by atoms with E-state index in [4.69, 9.17) is 4.52 Å². The molecule has 0 spiro atoms. The van der Waals surface area contributed by atoms with Crippen LogP contribution in [0.25, 0.3) is 11.3 Å². The highest BCUT2D eigenvalue weighted by Gasteiger charge is 2.28. The molecule has 2 aromatic heterocycles. The molecule has 0 atom stereocenters. The molecule has 0 saturated heterocycles. The van der Waals surface area contributed by atoms with E-state index >= 15 is 0 Å². The van der Waals surface area contributed by atoms with Gasteiger partial charge in [0.25, 0.3) is 5.91 Å². The molecule has 4 nitrogen and oxygen atoms in total. The number of hydrogen-bond acceptors (Lipinski definition) is 4. The largest absolute Gasteiger partial charge is 0.355 e. The van der Waals surface area contributed by atoms with Crippen molar-refractivity contribution in [1.82, 2.24) is 5.16 Å². The second kappa shape index (κ2) is 5.35. The van der Waals surface area contributed by atoms with Crippen molar-refractivity contribution < 1.29 is 9.32 Å². The van der Waals surface area contributed by atoms with Crippen molar-refractivity contribution in [2.45, 2.75) is 26.7 Å². The minimum atomic E-state index is -0.206. The molecule has 4 rings (SSSR count). The summed E-state index contributed by atoms with van der Waals surface area (Å²) >= 11 is 1.72. The molecule has 0 radical (unpaired) electrons. The summed E-state index contributed by atoms with van der Waals surface area (Å²) in [7, 11) is 0. The summed E-state index contributed by atoms with van der Waals surface area (Å²) in [6.45, 7) is 3.98. The maximum absolute atomic E-state index is 12.6. The fraction of sp³-hybridized carbons (Fsp3) is 0.222. The van der Waals surface area contributed by atoms with Gasteiger partial charge in [0.1, 0.15) is 0 Å². The van der Waals surface area contributed by atoms with Crippen LogP contribution in [-0.4, -0.2) is 11.1 Å². The monoisotopic (exact) mass is 324 g/mol. The maximum atomic E-state index is 12.6. The summed E-state index contributed by atoms with van der Waals surface area (Å²) in [6.07, 6.45) is 1.73. The first-order valence-electron chi connectivity index (χ1n) is 7.57. The number of benzene rings is 1. The highest BCUT2D eigenvalue weighted by Crippen LogP contribution is 2.38. The Morgan fingerprint density at radius 3 is 3.00 bits per heavy atom. The molecule has 0 aliphatic heterocycles. The first-order chi connectivity index (χ1) is 11.1. The van der Waals surface area contributed by atoms with Crippen LogP contribution < -0.4 is 5.32 Å².